The van der Waals surface area contributed by atoms with Crippen LogP contribution in [0.1, 0.15) is 5.56 Å². The van der Waals surface area contributed by atoms with Crippen LogP contribution in [0.15, 0.2) is 24.3 Å². The lowest BCUT2D eigenvalue weighted by Gasteiger charge is -2.26. The normalized spacial score (nSPS) is 17.5. The summed E-state index contributed by atoms with van der Waals surface area (Å²) in [5.74, 6) is -0.294. The maximum atomic E-state index is 12.7. The predicted molar refractivity (Wildman–Crippen MR) is 69.4 cm³/mol. The van der Waals surface area contributed by atoms with Gasteiger partial charge in [-0.2, -0.15) is 12.7 Å². The van der Waals surface area contributed by atoms with Crippen molar-refractivity contribution in [2.45, 2.75) is 6.42 Å². The van der Waals surface area contributed by atoms with E-state index in [0.29, 0.717) is 39.3 Å². The Morgan fingerprint density at radius 1 is 1.21 bits per heavy atom. The first-order chi connectivity index (χ1) is 9.08. The van der Waals surface area contributed by atoms with Gasteiger partial charge < -0.3 is 4.74 Å². The van der Waals surface area contributed by atoms with Crippen LogP contribution in [0.25, 0.3) is 0 Å². The molecular weight excluding hydrogens is 271 g/mol. The summed E-state index contributed by atoms with van der Waals surface area (Å²) in [5.41, 5.74) is 0.895. The summed E-state index contributed by atoms with van der Waals surface area (Å²) in [6.07, 6.45) is 0.532. The average Bonchev–Trinajstić information content (AvgIpc) is 2.42. The molecule has 106 valence electrons. The first kappa shape index (κ1) is 14.4. The summed E-state index contributed by atoms with van der Waals surface area (Å²) in [6.45, 7) is 1.92. The highest BCUT2D eigenvalue weighted by Gasteiger charge is 2.23. The lowest BCUT2D eigenvalue weighted by Crippen LogP contribution is -2.47. The van der Waals surface area contributed by atoms with Crippen molar-refractivity contribution in [1.29, 1.82) is 0 Å². The minimum absolute atomic E-state index is 0.294. The Balaban J connectivity index is 1.82. The molecule has 0 unspecified atom stereocenters. The molecule has 0 atom stereocenters. The van der Waals surface area contributed by atoms with E-state index < -0.39 is 10.2 Å². The van der Waals surface area contributed by atoms with Crippen LogP contribution in [0.3, 0.4) is 0 Å². The van der Waals surface area contributed by atoms with Gasteiger partial charge in [-0.05, 0) is 24.1 Å². The number of nitrogens with zero attached hydrogens (tertiary/aromatic N) is 1. The Morgan fingerprint density at radius 3 is 2.47 bits per heavy atom. The molecule has 0 bridgehead atoms. The molecule has 1 saturated heterocycles. The van der Waals surface area contributed by atoms with Crippen molar-refractivity contribution in [2.24, 2.45) is 0 Å². The van der Waals surface area contributed by atoms with Gasteiger partial charge in [0.05, 0.1) is 13.2 Å². The second-order valence-corrected chi connectivity index (χ2v) is 6.04. The standard InChI is InChI=1S/C12H17FN2O3S/c13-12-3-1-11(2-4-12)5-6-14-19(16,17)15-7-9-18-10-8-15/h1-4,14H,5-10H2. The number of nitrogens with one attached hydrogen (secondary N) is 1. The van der Waals surface area contributed by atoms with Crippen molar-refractivity contribution in [1.82, 2.24) is 9.03 Å². The van der Waals surface area contributed by atoms with Crippen LogP contribution >= 0.6 is 0 Å². The first-order valence-corrected chi connectivity index (χ1v) is 7.59. The highest BCUT2D eigenvalue weighted by atomic mass is 32.2. The molecule has 0 saturated carbocycles. The Bertz CT molecular complexity index is 498. The summed E-state index contributed by atoms with van der Waals surface area (Å²) in [5, 5.41) is 0. The van der Waals surface area contributed by atoms with Crippen molar-refractivity contribution >= 4 is 10.2 Å². The molecule has 0 radical (unpaired) electrons. The third kappa shape index (κ3) is 4.24. The molecule has 0 amide bonds. The van der Waals surface area contributed by atoms with Crippen molar-refractivity contribution in [3.05, 3.63) is 35.6 Å². The van der Waals surface area contributed by atoms with Crippen molar-refractivity contribution < 1.29 is 17.5 Å². The van der Waals surface area contributed by atoms with E-state index >= 15 is 0 Å². The number of ether oxygens (including phenoxy) is 1. The molecule has 0 aliphatic carbocycles. The number of morpholine rings is 1. The molecular formula is C12H17FN2O3S. The van der Waals surface area contributed by atoms with E-state index in [9.17, 15) is 12.8 Å². The fourth-order valence-corrected chi connectivity index (χ4v) is 3.03. The zero-order chi connectivity index (χ0) is 13.7. The molecule has 1 N–H and O–H groups in total. The van der Waals surface area contributed by atoms with Crippen molar-refractivity contribution in [2.75, 3.05) is 32.8 Å². The quantitative estimate of drug-likeness (QED) is 0.860. The molecule has 19 heavy (non-hydrogen) atoms. The number of halogens is 1. The molecule has 2 rings (SSSR count). The second kappa shape index (κ2) is 6.42. The largest absolute Gasteiger partial charge is 0.379 e. The van der Waals surface area contributed by atoms with E-state index in [4.69, 9.17) is 4.74 Å². The van der Waals surface area contributed by atoms with Gasteiger partial charge in [0, 0.05) is 19.6 Å². The Morgan fingerprint density at radius 2 is 1.84 bits per heavy atom. The van der Waals surface area contributed by atoms with Crippen molar-refractivity contribution in [3.63, 3.8) is 0 Å². The number of rotatable bonds is 5. The van der Waals surface area contributed by atoms with Gasteiger partial charge >= 0.3 is 0 Å². The lowest BCUT2D eigenvalue weighted by atomic mass is 10.1. The smallest absolute Gasteiger partial charge is 0.279 e. The molecule has 1 aromatic carbocycles. The molecule has 1 aliphatic rings. The van der Waals surface area contributed by atoms with Crippen LogP contribution in [-0.4, -0.2) is 45.6 Å². The van der Waals surface area contributed by atoms with Crippen LogP contribution in [0.4, 0.5) is 4.39 Å². The Labute approximate surface area is 112 Å². The van der Waals surface area contributed by atoms with Gasteiger partial charge in [-0.25, -0.2) is 9.11 Å². The molecule has 0 aromatic heterocycles. The monoisotopic (exact) mass is 288 g/mol. The molecule has 1 aromatic rings. The topological polar surface area (TPSA) is 58.6 Å². The molecule has 1 fully saturated rings. The highest BCUT2D eigenvalue weighted by Crippen LogP contribution is 2.05. The third-order valence-corrected chi connectivity index (χ3v) is 4.54. The summed E-state index contributed by atoms with van der Waals surface area (Å²) in [7, 11) is -3.43. The predicted octanol–water partition coefficient (Wildman–Crippen LogP) is 0.535. The van der Waals surface area contributed by atoms with Gasteiger partial charge in [-0.15, -0.1) is 0 Å². The van der Waals surface area contributed by atoms with E-state index in [1.54, 1.807) is 12.1 Å². The maximum Gasteiger partial charge on any atom is 0.279 e. The summed E-state index contributed by atoms with van der Waals surface area (Å²) in [6, 6.07) is 6.04. The van der Waals surface area contributed by atoms with Gasteiger partial charge in [-0.3, -0.25) is 0 Å². The summed E-state index contributed by atoms with van der Waals surface area (Å²) >= 11 is 0. The Hall–Kier alpha value is -1.02. The van der Waals surface area contributed by atoms with E-state index in [1.165, 1.54) is 16.4 Å². The third-order valence-electron chi connectivity index (χ3n) is 2.92. The van der Waals surface area contributed by atoms with Gasteiger partial charge in [0.15, 0.2) is 0 Å². The van der Waals surface area contributed by atoms with Crippen LogP contribution in [-0.2, 0) is 21.4 Å². The number of benzene rings is 1. The van der Waals surface area contributed by atoms with Crippen molar-refractivity contribution in [3.8, 4) is 0 Å². The van der Waals surface area contributed by atoms with Crippen LogP contribution in [0.2, 0.25) is 0 Å². The van der Waals surface area contributed by atoms with E-state index in [1.807, 2.05) is 0 Å². The maximum absolute atomic E-state index is 12.7. The van der Waals surface area contributed by atoms with Crippen LogP contribution in [0, 0.1) is 5.82 Å². The van der Waals surface area contributed by atoms with E-state index in [0.717, 1.165) is 5.56 Å². The minimum Gasteiger partial charge on any atom is -0.379 e. The SMILES string of the molecule is O=S(=O)(NCCc1ccc(F)cc1)N1CCOCC1. The number of hydrogen-bond donors (Lipinski definition) is 1. The molecule has 0 spiro atoms. The summed E-state index contributed by atoms with van der Waals surface area (Å²) < 4.78 is 45.6. The van der Waals surface area contributed by atoms with E-state index in [2.05, 4.69) is 4.72 Å². The average molecular weight is 288 g/mol. The second-order valence-electron chi connectivity index (χ2n) is 4.29. The molecule has 7 heteroatoms. The first-order valence-electron chi connectivity index (χ1n) is 6.15. The molecule has 5 nitrogen and oxygen atoms in total. The van der Waals surface area contributed by atoms with Gasteiger partial charge in [0.1, 0.15) is 5.82 Å². The van der Waals surface area contributed by atoms with E-state index in [-0.39, 0.29) is 5.82 Å². The fourth-order valence-electron chi connectivity index (χ4n) is 1.85. The molecule has 1 aliphatic heterocycles. The van der Waals surface area contributed by atoms with Gasteiger partial charge in [-0.1, -0.05) is 12.1 Å². The number of hydrogen-bond acceptors (Lipinski definition) is 3. The zero-order valence-corrected chi connectivity index (χ0v) is 11.3. The highest BCUT2D eigenvalue weighted by molar-refractivity contribution is 7.87. The van der Waals surface area contributed by atoms with Crippen LogP contribution < -0.4 is 4.72 Å². The molecule has 1 heterocycles. The zero-order valence-electron chi connectivity index (χ0n) is 10.5. The van der Waals surface area contributed by atoms with Crippen LogP contribution in [0.5, 0.6) is 0 Å². The minimum atomic E-state index is -3.43. The summed E-state index contributed by atoms with van der Waals surface area (Å²) in [4.78, 5) is 0. The fraction of sp³-hybridized carbons (Fsp3) is 0.500. The lowest BCUT2D eigenvalue weighted by molar-refractivity contribution is 0.0725. The Kier molecular flexibility index (Phi) is 4.87. The van der Waals surface area contributed by atoms with Gasteiger partial charge in [0.2, 0.25) is 0 Å². The van der Waals surface area contributed by atoms with Gasteiger partial charge in [0.25, 0.3) is 10.2 Å².